The summed E-state index contributed by atoms with van der Waals surface area (Å²) in [5.74, 6) is 0. The van der Waals surface area contributed by atoms with E-state index < -0.39 is 0 Å². The van der Waals surface area contributed by atoms with Gasteiger partial charge in [0, 0.05) is 0 Å². The molecule has 0 unspecified atom stereocenters. The molecule has 1 nitrogen and oxygen atoms in total. The number of rotatable bonds is 3. The summed E-state index contributed by atoms with van der Waals surface area (Å²) in [6.45, 7) is 8.35. The molecule has 1 fully saturated rings. The Balaban J connectivity index is 1.79. The Kier molecular flexibility index (Phi) is 4.03. The van der Waals surface area contributed by atoms with Gasteiger partial charge >= 0.3 is 0 Å². The fourth-order valence-corrected chi connectivity index (χ4v) is 2.82. The number of hydrogen-bond acceptors (Lipinski definition) is 1. The van der Waals surface area contributed by atoms with Gasteiger partial charge in [0.05, 0.1) is 6.10 Å². The average Bonchev–Trinajstić information content (AvgIpc) is 2.52. The zero-order chi connectivity index (χ0) is 14.7. The molecule has 0 spiro atoms. The lowest BCUT2D eigenvalue weighted by atomic mass is 9.88. The first kappa shape index (κ1) is 13.8. The fourth-order valence-electron chi connectivity index (χ4n) is 2.82. The van der Waals surface area contributed by atoms with E-state index in [0.29, 0.717) is 0 Å². The second-order valence-electron chi connectivity index (χ2n) is 5.57. The zero-order valence-electron chi connectivity index (χ0n) is 12.2. The van der Waals surface area contributed by atoms with Crippen LogP contribution < -0.4 is 0 Å². The number of ether oxygens (including phenoxy) is 1. The Morgan fingerprint density at radius 1 is 0.905 bits per heavy atom. The predicted molar refractivity (Wildman–Crippen MR) is 87.1 cm³/mol. The lowest BCUT2D eigenvalue weighted by Crippen LogP contribution is -2.27. The minimum absolute atomic E-state index is 0.0684. The van der Waals surface area contributed by atoms with Crippen molar-refractivity contribution in [1.82, 2.24) is 0 Å². The Morgan fingerprint density at radius 3 is 2.19 bits per heavy atom. The third-order valence-electron chi connectivity index (χ3n) is 3.98. The van der Waals surface area contributed by atoms with Crippen molar-refractivity contribution in [3.8, 4) is 0 Å². The molecule has 0 aliphatic carbocycles. The van der Waals surface area contributed by atoms with Crippen LogP contribution in [0.1, 0.15) is 23.7 Å². The average molecular weight is 276 g/mol. The van der Waals surface area contributed by atoms with Gasteiger partial charge in [-0.25, -0.2) is 0 Å². The van der Waals surface area contributed by atoms with Crippen molar-refractivity contribution < 1.29 is 4.74 Å². The van der Waals surface area contributed by atoms with Crippen molar-refractivity contribution in [2.75, 3.05) is 0 Å². The summed E-state index contributed by atoms with van der Waals surface area (Å²) in [6.07, 6.45) is 1.87. The Hall–Kier alpha value is -2.12. The summed E-state index contributed by atoms with van der Waals surface area (Å²) >= 11 is 0. The maximum atomic E-state index is 6.30. The summed E-state index contributed by atoms with van der Waals surface area (Å²) in [5, 5.41) is 0. The standard InChI is InChI=1S/C20H20O/c1-15-13-19(14-17-9-5-3-6-10-17)21-20(16(15)2)18-11-7-4-8-12-18/h3-12,19-20H,1-2,13-14H2/t19-,20+/m0/s1. The molecule has 1 aliphatic heterocycles. The third kappa shape index (κ3) is 3.14. The summed E-state index contributed by atoms with van der Waals surface area (Å²) < 4.78 is 6.30. The van der Waals surface area contributed by atoms with Gasteiger partial charge in [-0.3, -0.25) is 0 Å². The van der Waals surface area contributed by atoms with E-state index in [1.54, 1.807) is 0 Å². The molecule has 0 radical (unpaired) electrons. The highest BCUT2D eigenvalue weighted by Crippen LogP contribution is 2.38. The summed E-state index contributed by atoms with van der Waals surface area (Å²) in [5.41, 5.74) is 4.57. The minimum Gasteiger partial charge on any atom is -0.365 e. The molecule has 2 aromatic rings. The van der Waals surface area contributed by atoms with Crippen LogP contribution >= 0.6 is 0 Å². The Morgan fingerprint density at radius 2 is 1.52 bits per heavy atom. The molecule has 0 bridgehead atoms. The highest BCUT2D eigenvalue weighted by atomic mass is 16.5. The first-order valence-electron chi connectivity index (χ1n) is 7.35. The number of hydrogen-bond donors (Lipinski definition) is 0. The van der Waals surface area contributed by atoms with Crippen LogP contribution in [-0.4, -0.2) is 6.10 Å². The third-order valence-corrected chi connectivity index (χ3v) is 3.98. The van der Waals surface area contributed by atoms with Gasteiger partial charge in [-0.1, -0.05) is 73.8 Å². The van der Waals surface area contributed by atoms with Crippen LogP contribution in [0, 0.1) is 0 Å². The van der Waals surface area contributed by atoms with E-state index in [1.807, 2.05) is 24.3 Å². The van der Waals surface area contributed by atoms with Gasteiger partial charge in [-0.15, -0.1) is 0 Å². The summed E-state index contributed by atoms with van der Waals surface area (Å²) in [4.78, 5) is 0. The van der Waals surface area contributed by atoms with Crippen LogP contribution in [0.5, 0.6) is 0 Å². The first-order valence-corrected chi connectivity index (χ1v) is 7.35. The van der Waals surface area contributed by atoms with Crippen LogP contribution in [0.15, 0.2) is 85.0 Å². The van der Waals surface area contributed by atoms with Crippen LogP contribution in [0.3, 0.4) is 0 Å². The number of benzene rings is 2. The molecule has 2 atom stereocenters. The highest BCUT2D eigenvalue weighted by Gasteiger charge is 2.28. The first-order chi connectivity index (χ1) is 10.2. The van der Waals surface area contributed by atoms with Gasteiger partial charge in [0.1, 0.15) is 6.10 Å². The van der Waals surface area contributed by atoms with Crippen molar-refractivity contribution in [3.63, 3.8) is 0 Å². The topological polar surface area (TPSA) is 9.23 Å². The molecule has 1 heteroatoms. The monoisotopic (exact) mass is 276 g/mol. The molecule has 1 saturated heterocycles. The SMILES string of the molecule is C=C1C[C@@H](Cc2ccccc2)O[C@@H](c2ccccc2)C1=C. The van der Waals surface area contributed by atoms with Crippen LogP contribution in [-0.2, 0) is 11.2 Å². The second kappa shape index (κ2) is 6.11. The van der Waals surface area contributed by atoms with E-state index >= 15 is 0 Å². The van der Waals surface area contributed by atoms with Gasteiger partial charge in [-0.2, -0.15) is 0 Å². The molecule has 2 aromatic carbocycles. The summed E-state index contributed by atoms with van der Waals surface area (Å²) in [7, 11) is 0. The molecular weight excluding hydrogens is 256 g/mol. The lowest BCUT2D eigenvalue weighted by molar-refractivity contribution is -0.00563. The lowest BCUT2D eigenvalue weighted by Gasteiger charge is -2.34. The Bertz CT molecular complexity index is 627. The van der Waals surface area contributed by atoms with Crippen molar-refractivity contribution >= 4 is 0 Å². The molecule has 0 saturated carbocycles. The van der Waals surface area contributed by atoms with Gasteiger partial charge in [0.25, 0.3) is 0 Å². The molecule has 0 aromatic heterocycles. The minimum atomic E-state index is -0.0684. The van der Waals surface area contributed by atoms with E-state index in [0.717, 1.165) is 29.6 Å². The quantitative estimate of drug-likeness (QED) is 0.777. The van der Waals surface area contributed by atoms with Gasteiger partial charge < -0.3 is 4.74 Å². The molecule has 3 rings (SSSR count). The molecule has 0 amide bonds. The van der Waals surface area contributed by atoms with E-state index in [9.17, 15) is 0 Å². The molecule has 0 N–H and O–H groups in total. The maximum absolute atomic E-state index is 6.30. The maximum Gasteiger partial charge on any atom is 0.108 e. The largest absolute Gasteiger partial charge is 0.365 e. The van der Waals surface area contributed by atoms with Gasteiger partial charge in [-0.05, 0) is 35.1 Å². The van der Waals surface area contributed by atoms with Crippen molar-refractivity contribution in [2.45, 2.75) is 25.0 Å². The van der Waals surface area contributed by atoms with E-state index in [2.05, 4.69) is 49.6 Å². The normalized spacial score (nSPS) is 22.3. The molecular formula is C20H20O. The zero-order valence-corrected chi connectivity index (χ0v) is 12.2. The Labute approximate surface area is 126 Å². The second-order valence-corrected chi connectivity index (χ2v) is 5.57. The highest BCUT2D eigenvalue weighted by molar-refractivity contribution is 5.38. The van der Waals surface area contributed by atoms with E-state index in [1.165, 1.54) is 5.56 Å². The van der Waals surface area contributed by atoms with Crippen molar-refractivity contribution in [2.24, 2.45) is 0 Å². The molecule has 21 heavy (non-hydrogen) atoms. The summed E-state index contributed by atoms with van der Waals surface area (Å²) in [6, 6.07) is 20.7. The van der Waals surface area contributed by atoms with Crippen molar-refractivity contribution in [3.05, 3.63) is 96.1 Å². The van der Waals surface area contributed by atoms with Crippen LogP contribution in [0.25, 0.3) is 0 Å². The van der Waals surface area contributed by atoms with Gasteiger partial charge in [0.2, 0.25) is 0 Å². The molecule has 106 valence electrons. The van der Waals surface area contributed by atoms with E-state index in [4.69, 9.17) is 4.74 Å². The van der Waals surface area contributed by atoms with E-state index in [-0.39, 0.29) is 12.2 Å². The van der Waals surface area contributed by atoms with Crippen LogP contribution in [0.4, 0.5) is 0 Å². The van der Waals surface area contributed by atoms with Gasteiger partial charge in [0.15, 0.2) is 0 Å². The smallest absolute Gasteiger partial charge is 0.108 e. The van der Waals surface area contributed by atoms with Crippen molar-refractivity contribution in [1.29, 1.82) is 0 Å². The fraction of sp³-hybridized carbons (Fsp3) is 0.200. The predicted octanol–water partition coefficient (Wildman–Crippen LogP) is 4.87. The van der Waals surface area contributed by atoms with Crippen LogP contribution in [0.2, 0.25) is 0 Å². The molecule has 1 aliphatic rings. The molecule has 1 heterocycles.